The van der Waals surface area contributed by atoms with Crippen LogP contribution in [0.4, 0.5) is 5.69 Å². The second-order valence-corrected chi connectivity index (χ2v) is 6.28. The number of benzene rings is 2. The van der Waals surface area contributed by atoms with Crippen LogP contribution in [0.15, 0.2) is 53.6 Å². The highest BCUT2D eigenvalue weighted by Crippen LogP contribution is 2.21. The molecule has 0 fully saturated rings. The van der Waals surface area contributed by atoms with Crippen molar-refractivity contribution in [2.75, 3.05) is 5.01 Å². The maximum absolute atomic E-state index is 12.4. The van der Waals surface area contributed by atoms with Gasteiger partial charge < -0.3 is 10.1 Å². The number of carbonyl (C=O) groups excluding carboxylic acids is 2. The molecule has 0 bridgehead atoms. The van der Waals surface area contributed by atoms with Crippen molar-refractivity contribution < 1.29 is 14.3 Å². The standard InChI is InChI=1S/C20H21N3O3/c1-13-9-10-14(2)17(11-13)26-15(3)20(25)21-18-12-19(24)23(22-18)16-7-5-4-6-8-16/h4-11,15H,12H2,1-3H3,(H,21,22,25). The van der Waals surface area contributed by atoms with Gasteiger partial charge >= 0.3 is 0 Å². The highest BCUT2D eigenvalue weighted by Gasteiger charge is 2.27. The number of carbonyl (C=O) groups is 2. The monoisotopic (exact) mass is 351 g/mol. The molecule has 0 saturated heterocycles. The van der Waals surface area contributed by atoms with E-state index in [1.165, 1.54) is 5.01 Å². The van der Waals surface area contributed by atoms with Gasteiger partial charge in [0.25, 0.3) is 11.8 Å². The highest BCUT2D eigenvalue weighted by atomic mass is 16.5. The van der Waals surface area contributed by atoms with Crippen LogP contribution in [0.3, 0.4) is 0 Å². The van der Waals surface area contributed by atoms with Crippen LogP contribution in [0.2, 0.25) is 0 Å². The van der Waals surface area contributed by atoms with E-state index in [4.69, 9.17) is 4.74 Å². The fourth-order valence-electron chi connectivity index (χ4n) is 2.59. The summed E-state index contributed by atoms with van der Waals surface area (Å²) in [6, 6.07) is 14.9. The predicted molar refractivity (Wildman–Crippen MR) is 100 cm³/mol. The van der Waals surface area contributed by atoms with Gasteiger partial charge in [-0.1, -0.05) is 30.3 Å². The number of para-hydroxylation sites is 1. The summed E-state index contributed by atoms with van der Waals surface area (Å²) in [5.41, 5.74) is 2.68. The van der Waals surface area contributed by atoms with Crippen LogP contribution in [-0.2, 0) is 9.59 Å². The van der Waals surface area contributed by atoms with Crippen LogP contribution in [0, 0.1) is 13.8 Å². The Bertz CT molecular complexity index is 862. The second kappa shape index (κ2) is 7.39. The first-order valence-corrected chi connectivity index (χ1v) is 8.44. The number of aryl methyl sites for hydroxylation is 2. The first kappa shape index (κ1) is 17.7. The van der Waals surface area contributed by atoms with Crippen molar-refractivity contribution in [1.29, 1.82) is 0 Å². The molecule has 2 aromatic carbocycles. The molecule has 0 aromatic heterocycles. The van der Waals surface area contributed by atoms with Crippen molar-refractivity contribution in [3.8, 4) is 5.75 Å². The van der Waals surface area contributed by atoms with Gasteiger partial charge in [-0.15, -0.1) is 0 Å². The molecule has 0 radical (unpaired) electrons. The number of nitrogens with zero attached hydrogens (tertiary/aromatic N) is 2. The van der Waals surface area contributed by atoms with Gasteiger partial charge in [0.2, 0.25) is 0 Å². The smallest absolute Gasteiger partial charge is 0.266 e. The number of amidine groups is 1. The van der Waals surface area contributed by atoms with Crippen molar-refractivity contribution in [1.82, 2.24) is 5.32 Å². The van der Waals surface area contributed by atoms with E-state index in [2.05, 4.69) is 10.4 Å². The number of hydrogen-bond donors (Lipinski definition) is 1. The Morgan fingerprint density at radius 3 is 2.65 bits per heavy atom. The third kappa shape index (κ3) is 3.91. The third-order valence-corrected chi connectivity index (χ3v) is 4.06. The lowest BCUT2D eigenvalue weighted by Crippen LogP contribution is -2.39. The van der Waals surface area contributed by atoms with Gasteiger partial charge in [0.1, 0.15) is 11.6 Å². The first-order valence-electron chi connectivity index (χ1n) is 8.44. The van der Waals surface area contributed by atoms with E-state index in [1.54, 1.807) is 19.1 Å². The summed E-state index contributed by atoms with van der Waals surface area (Å²) < 4.78 is 5.77. The lowest BCUT2D eigenvalue weighted by Gasteiger charge is -2.16. The van der Waals surface area contributed by atoms with Crippen molar-refractivity contribution in [2.45, 2.75) is 33.3 Å². The van der Waals surface area contributed by atoms with Gasteiger partial charge in [-0.2, -0.15) is 10.1 Å². The Hall–Kier alpha value is -3.15. The van der Waals surface area contributed by atoms with Crippen molar-refractivity contribution in [3.05, 3.63) is 59.7 Å². The molecule has 1 aliphatic heterocycles. The Kier molecular flexibility index (Phi) is 5.02. The van der Waals surface area contributed by atoms with Gasteiger partial charge in [0.05, 0.1) is 12.1 Å². The molecule has 3 rings (SSSR count). The zero-order valence-electron chi connectivity index (χ0n) is 15.0. The molecule has 0 aliphatic carbocycles. The highest BCUT2D eigenvalue weighted by molar-refractivity contribution is 6.16. The lowest BCUT2D eigenvalue weighted by molar-refractivity contribution is -0.125. The molecule has 1 N–H and O–H groups in total. The minimum Gasteiger partial charge on any atom is -0.481 e. The predicted octanol–water partition coefficient (Wildman–Crippen LogP) is 2.94. The van der Waals surface area contributed by atoms with Crippen LogP contribution in [-0.4, -0.2) is 23.8 Å². The van der Waals surface area contributed by atoms with E-state index in [0.29, 0.717) is 17.3 Å². The lowest BCUT2D eigenvalue weighted by atomic mass is 10.1. The Labute approximate surface area is 152 Å². The van der Waals surface area contributed by atoms with Gasteiger partial charge in [0, 0.05) is 0 Å². The molecule has 6 heteroatoms. The Morgan fingerprint density at radius 1 is 1.19 bits per heavy atom. The van der Waals surface area contributed by atoms with Gasteiger partial charge in [-0.3, -0.25) is 9.59 Å². The van der Waals surface area contributed by atoms with Crippen molar-refractivity contribution in [2.24, 2.45) is 5.10 Å². The number of nitrogens with one attached hydrogen (secondary N) is 1. The van der Waals surface area contributed by atoms with Crippen LogP contribution < -0.4 is 15.1 Å². The van der Waals surface area contributed by atoms with Gasteiger partial charge in [0.15, 0.2) is 6.10 Å². The third-order valence-electron chi connectivity index (χ3n) is 4.06. The topological polar surface area (TPSA) is 71.0 Å². The summed E-state index contributed by atoms with van der Waals surface area (Å²) in [5.74, 6) is 0.463. The number of hydrogen-bond acceptors (Lipinski definition) is 4. The number of hydrazone groups is 1. The summed E-state index contributed by atoms with van der Waals surface area (Å²) >= 11 is 0. The Morgan fingerprint density at radius 2 is 1.92 bits per heavy atom. The zero-order valence-corrected chi connectivity index (χ0v) is 15.0. The van der Waals surface area contributed by atoms with Crippen LogP contribution in [0.5, 0.6) is 5.75 Å². The van der Waals surface area contributed by atoms with Crippen molar-refractivity contribution >= 4 is 23.3 Å². The van der Waals surface area contributed by atoms with E-state index in [0.717, 1.165) is 11.1 Å². The minimum absolute atomic E-state index is 0.0524. The largest absolute Gasteiger partial charge is 0.481 e. The van der Waals surface area contributed by atoms with E-state index in [1.807, 2.05) is 50.2 Å². The SMILES string of the molecule is Cc1ccc(C)c(OC(C)C(=O)NC2=NN(c3ccccc3)C(=O)C2)c1. The average molecular weight is 351 g/mol. The number of rotatable bonds is 4. The van der Waals surface area contributed by atoms with Crippen LogP contribution in [0.25, 0.3) is 0 Å². The molecule has 6 nitrogen and oxygen atoms in total. The molecule has 2 aromatic rings. The number of amides is 2. The molecule has 1 atom stereocenters. The normalized spacial score (nSPS) is 14.8. The maximum Gasteiger partial charge on any atom is 0.266 e. The zero-order chi connectivity index (χ0) is 18.7. The van der Waals surface area contributed by atoms with Crippen LogP contribution >= 0.6 is 0 Å². The molecule has 0 spiro atoms. The summed E-state index contributed by atoms with van der Waals surface area (Å²) in [7, 11) is 0. The molecule has 2 amide bonds. The molecule has 0 saturated carbocycles. The molecule has 1 unspecified atom stereocenters. The summed E-state index contributed by atoms with van der Waals surface area (Å²) in [6.07, 6.45) is -0.657. The van der Waals surface area contributed by atoms with Crippen molar-refractivity contribution in [3.63, 3.8) is 0 Å². The van der Waals surface area contributed by atoms with Gasteiger partial charge in [-0.25, -0.2) is 0 Å². The van der Waals surface area contributed by atoms with E-state index in [9.17, 15) is 9.59 Å². The quantitative estimate of drug-likeness (QED) is 0.921. The number of ether oxygens (including phenoxy) is 1. The molecule has 134 valence electrons. The average Bonchev–Trinajstić information content (AvgIpc) is 2.99. The fourth-order valence-corrected chi connectivity index (χ4v) is 2.59. The van der Waals surface area contributed by atoms with E-state index >= 15 is 0 Å². The summed E-state index contributed by atoms with van der Waals surface area (Å²) in [5, 5.41) is 8.20. The molecular formula is C20H21N3O3. The van der Waals surface area contributed by atoms with Crippen LogP contribution in [0.1, 0.15) is 24.5 Å². The molecular weight excluding hydrogens is 330 g/mol. The second-order valence-electron chi connectivity index (χ2n) is 6.28. The van der Waals surface area contributed by atoms with Gasteiger partial charge in [-0.05, 0) is 50.1 Å². The van der Waals surface area contributed by atoms with E-state index in [-0.39, 0.29) is 18.2 Å². The number of anilines is 1. The minimum atomic E-state index is -0.709. The first-order chi connectivity index (χ1) is 12.4. The molecule has 1 aliphatic rings. The molecule has 26 heavy (non-hydrogen) atoms. The molecule has 1 heterocycles. The summed E-state index contributed by atoms with van der Waals surface area (Å²) in [6.45, 7) is 5.56. The Balaban J connectivity index is 1.66. The summed E-state index contributed by atoms with van der Waals surface area (Å²) in [4.78, 5) is 24.5. The maximum atomic E-state index is 12.4. The van der Waals surface area contributed by atoms with E-state index < -0.39 is 6.10 Å². The fraction of sp³-hybridized carbons (Fsp3) is 0.250.